The fourth-order valence-corrected chi connectivity index (χ4v) is 14.8. The zero-order valence-corrected chi connectivity index (χ0v) is 40.7. The molecule has 4 aliphatic carbocycles. The molecule has 406 valence electrons. The van der Waals surface area contributed by atoms with Gasteiger partial charge in [-0.2, -0.15) is 0 Å². The Morgan fingerprint density at radius 2 is 1.34 bits per heavy atom. The number of hydrogen-bond acceptors (Lipinski definition) is 23. The number of esters is 1. The van der Waals surface area contributed by atoms with Gasteiger partial charge in [-0.1, -0.05) is 38.8 Å². The van der Waals surface area contributed by atoms with Crippen LogP contribution < -0.4 is 0 Å². The van der Waals surface area contributed by atoms with Crippen LogP contribution in [0.2, 0.25) is 0 Å². The van der Waals surface area contributed by atoms with Crippen molar-refractivity contribution >= 4 is 5.97 Å². The summed E-state index contributed by atoms with van der Waals surface area (Å²) in [7, 11) is 0. The monoisotopic (exact) mass is 1020 g/mol. The van der Waals surface area contributed by atoms with E-state index in [0.29, 0.717) is 32.1 Å². The molecule has 13 N–H and O–H groups in total. The topological polar surface area (TPSA) is 363 Å². The SMILES string of the molecule is C[C@@H]1CC(=O)O[C@]12CC[C@]1(C)C3=C(CC[C@]12C)[C@@]1(C)CC[C@H](O[C@H]2O[C@@H](CO[C@H]4OC[C@H](O)[C@@H](O)[C@@H]4O[C@H]4O[C@@H](CO)[C@H](O)[C@@H](O)[C@@H]4O[C@H]4OC[C@@](O)(CO)[C@@H]4O)[C@H](O)[C@@H](O)[C@@H]2O)C(CO)(CO)[C@@H]1CC3. The van der Waals surface area contributed by atoms with Gasteiger partial charge in [0.2, 0.25) is 0 Å². The Hall–Kier alpha value is -1.63. The fourth-order valence-electron chi connectivity index (χ4n) is 14.8. The Labute approximate surface area is 411 Å². The molecule has 5 aliphatic heterocycles. The van der Waals surface area contributed by atoms with Gasteiger partial charge in [0.1, 0.15) is 84.4 Å². The summed E-state index contributed by atoms with van der Waals surface area (Å²) in [6.45, 7) is 4.53. The molecule has 0 aromatic carbocycles. The third kappa shape index (κ3) is 8.31. The van der Waals surface area contributed by atoms with Crippen LogP contribution in [0.5, 0.6) is 0 Å². The summed E-state index contributed by atoms with van der Waals surface area (Å²) in [6, 6.07) is 0. The number of rotatable bonds is 13. The first-order valence-electron chi connectivity index (χ1n) is 25.2. The Balaban J connectivity index is 0.904. The van der Waals surface area contributed by atoms with E-state index in [4.69, 9.17) is 42.6 Å². The lowest BCUT2D eigenvalue weighted by Gasteiger charge is -2.63. The van der Waals surface area contributed by atoms with Crippen molar-refractivity contribution in [3.8, 4) is 0 Å². The van der Waals surface area contributed by atoms with Gasteiger partial charge in [-0.05, 0) is 68.1 Å². The summed E-state index contributed by atoms with van der Waals surface area (Å²) in [5.74, 6) is -0.330. The summed E-state index contributed by atoms with van der Waals surface area (Å²) in [4.78, 5) is 12.7. The third-order valence-electron chi connectivity index (χ3n) is 19.4. The van der Waals surface area contributed by atoms with E-state index in [1.807, 2.05) is 0 Å². The maximum absolute atomic E-state index is 12.7. The van der Waals surface area contributed by atoms with Crippen LogP contribution in [0.1, 0.15) is 85.5 Å². The smallest absolute Gasteiger partial charge is 0.306 e. The molecule has 0 amide bonds. The van der Waals surface area contributed by atoms with Gasteiger partial charge in [0.25, 0.3) is 0 Å². The molecule has 0 radical (unpaired) electrons. The Morgan fingerprint density at radius 1 is 0.662 bits per heavy atom. The van der Waals surface area contributed by atoms with Crippen molar-refractivity contribution in [1.29, 1.82) is 0 Å². The average molecular weight is 1020 g/mol. The summed E-state index contributed by atoms with van der Waals surface area (Å²) in [5, 5.41) is 141. The first-order chi connectivity index (χ1) is 33.5. The van der Waals surface area contributed by atoms with Crippen molar-refractivity contribution < 1.29 is 114 Å². The number of fused-ring (bicyclic) bond motifs is 5. The van der Waals surface area contributed by atoms with E-state index in [9.17, 15) is 71.2 Å². The minimum absolute atomic E-state index is 0.0928. The molecule has 5 saturated heterocycles. The van der Waals surface area contributed by atoms with Gasteiger partial charge in [0.05, 0.1) is 58.8 Å². The molecule has 71 heavy (non-hydrogen) atoms. The van der Waals surface area contributed by atoms with Gasteiger partial charge >= 0.3 is 5.97 Å². The van der Waals surface area contributed by atoms with E-state index in [2.05, 4.69) is 27.7 Å². The average Bonchev–Trinajstić information content (AvgIpc) is 3.91. The maximum atomic E-state index is 12.7. The zero-order chi connectivity index (χ0) is 51.4. The Kier molecular flexibility index (Phi) is 15.1. The second-order valence-electron chi connectivity index (χ2n) is 22.7. The van der Waals surface area contributed by atoms with Crippen molar-refractivity contribution in [2.24, 2.45) is 33.5 Å². The molecule has 24 atom stereocenters. The number of carbonyl (C=O) groups excluding carboxylic acids is 1. The van der Waals surface area contributed by atoms with Crippen LogP contribution in [0.25, 0.3) is 0 Å². The lowest BCUT2D eigenvalue weighted by Crippen LogP contribution is -2.65. The maximum Gasteiger partial charge on any atom is 0.306 e. The molecule has 1 spiro atoms. The third-order valence-corrected chi connectivity index (χ3v) is 19.4. The quantitative estimate of drug-likeness (QED) is 0.0624. The molecule has 9 rings (SSSR count). The zero-order valence-electron chi connectivity index (χ0n) is 40.7. The molecule has 2 saturated carbocycles. The summed E-state index contributed by atoms with van der Waals surface area (Å²) < 4.78 is 53.3. The van der Waals surface area contributed by atoms with Crippen LogP contribution in [0.4, 0.5) is 0 Å². The van der Waals surface area contributed by atoms with Crippen molar-refractivity contribution in [3.63, 3.8) is 0 Å². The van der Waals surface area contributed by atoms with Gasteiger partial charge in [-0.3, -0.25) is 4.79 Å². The number of allylic oxidation sites excluding steroid dienone is 2. The minimum atomic E-state index is -2.15. The molecule has 5 heterocycles. The standard InChI is InChI=1S/C48H76O23/c1-21-13-29(54)71-48(21)12-11-44(3)23-5-6-27-43(2,22(23)7-10-45(44,48)4)9-8-28(46(27,17-50)18-51)68-39-35(60)33(58)32(57)26(67-39)16-64-40-36(30(55)24(53)15-63-40)69-41-37(34(59)31(56)25(14-49)66-41)70-42-38(61)47(62,19-52)20-65-42/h21,24-28,30-42,49-53,55-62H,5-20H2,1-4H3/t21-,24+,25+,26+,27-,28+,30-,31+,32+,33-,34-,35+,36+,37+,38-,39-,40-,41-,42-,43-,44-,45-,47+,48-/m1/s1. The van der Waals surface area contributed by atoms with Crippen molar-refractivity contribution in [2.45, 2.75) is 201 Å². The first-order valence-corrected chi connectivity index (χ1v) is 25.2. The number of aliphatic hydroxyl groups excluding tert-OH is 12. The van der Waals surface area contributed by atoms with Gasteiger partial charge in [-0.25, -0.2) is 0 Å². The second-order valence-corrected chi connectivity index (χ2v) is 22.7. The van der Waals surface area contributed by atoms with Gasteiger partial charge in [0, 0.05) is 16.7 Å². The predicted octanol–water partition coefficient (Wildman–Crippen LogP) is -3.68. The number of aliphatic hydroxyl groups is 13. The Bertz CT molecular complexity index is 1960. The van der Waals surface area contributed by atoms with Crippen LogP contribution in [-0.2, 0) is 47.4 Å². The Morgan fingerprint density at radius 3 is 1.99 bits per heavy atom. The van der Waals surface area contributed by atoms with Crippen molar-refractivity contribution in [3.05, 3.63) is 11.1 Å². The van der Waals surface area contributed by atoms with E-state index >= 15 is 0 Å². The highest BCUT2D eigenvalue weighted by atomic mass is 16.8. The molecule has 0 aromatic heterocycles. The van der Waals surface area contributed by atoms with E-state index in [1.165, 1.54) is 11.1 Å². The molecule has 23 heteroatoms. The van der Waals surface area contributed by atoms with Crippen molar-refractivity contribution in [1.82, 2.24) is 0 Å². The molecule has 7 fully saturated rings. The van der Waals surface area contributed by atoms with Gasteiger partial charge < -0.3 is 109 Å². The van der Waals surface area contributed by atoms with Crippen LogP contribution in [-0.4, -0.2) is 234 Å². The van der Waals surface area contributed by atoms with Gasteiger partial charge in [0.15, 0.2) is 25.2 Å². The minimum Gasteiger partial charge on any atom is -0.458 e. The fraction of sp³-hybridized carbons (Fsp3) is 0.938. The van der Waals surface area contributed by atoms with Crippen LogP contribution in [0, 0.1) is 33.5 Å². The first kappa shape index (κ1) is 54.2. The molecular formula is C48H76O23. The van der Waals surface area contributed by atoms with E-state index in [1.54, 1.807) is 0 Å². The highest BCUT2D eigenvalue weighted by molar-refractivity contribution is 5.73. The molecule has 0 bridgehead atoms. The second kappa shape index (κ2) is 19.7. The molecule has 0 unspecified atom stereocenters. The van der Waals surface area contributed by atoms with Crippen molar-refractivity contribution in [2.75, 3.05) is 46.2 Å². The summed E-state index contributed by atoms with van der Waals surface area (Å²) in [6.07, 6.45) is -22.6. The normalized spacial score (nSPS) is 52.9. The molecule has 23 nitrogen and oxygen atoms in total. The lowest BCUT2D eigenvalue weighted by molar-refractivity contribution is -0.378. The predicted molar refractivity (Wildman–Crippen MR) is 236 cm³/mol. The van der Waals surface area contributed by atoms with Gasteiger partial charge in [-0.15, -0.1) is 0 Å². The number of carbonyl (C=O) groups is 1. The van der Waals surface area contributed by atoms with E-state index < -0.39 is 173 Å². The highest BCUT2D eigenvalue weighted by Crippen LogP contribution is 2.75. The summed E-state index contributed by atoms with van der Waals surface area (Å²) >= 11 is 0. The number of ether oxygens (including phenoxy) is 9. The number of hydrogen-bond donors (Lipinski definition) is 13. The largest absolute Gasteiger partial charge is 0.458 e. The van der Waals surface area contributed by atoms with Crippen LogP contribution in [0.15, 0.2) is 11.1 Å². The lowest BCUT2D eigenvalue weighted by atomic mass is 9.42. The van der Waals surface area contributed by atoms with E-state index in [0.717, 1.165) is 25.7 Å². The highest BCUT2D eigenvalue weighted by Gasteiger charge is 2.73. The molecule has 0 aromatic rings. The van der Waals surface area contributed by atoms with Crippen LogP contribution >= 0.6 is 0 Å². The summed E-state index contributed by atoms with van der Waals surface area (Å²) in [5.41, 5.74) is -2.18. The molecule has 9 aliphatic rings. The van der Waals surface area contributed by atoms with Crippen LogP contribution in [0.3, 0.4) is 0 Å². The molecular weight excluding hydrogens is 945 g/mol. The van der Waals surface area contributed by atoms with E-state index in [-0.39, 0.29) is 28.6 Å².